The Morgan fingerprint density at radius 1 is 0.800 bits per heavy atom. The highest BCUT2D eigenvalue weighted by Gasteiger charge is 2.26. The summed E-state index contributed by atoms with van der Waals surface area (Å²) in [5.41, 5.74) is 40.5. The average molecular weight is 408 g/mol. The van der Waals surface area contributed by atoms with Crippen LogP contribution in [0.5, 0.6) is 0 Å². The van der Waals surface area contributed by atoms with Crippen molar-refractivity contribution in [3.05, 3.63) is 51.9 Å². The van der Waals surface area contributed by atoms with Crippen LogP contribution in [0.15, 0.2) is 40.7 Å². The predicted octanol–water partition coefficient (Wildman–Crippen LogP) is 4.26. The molecule has 0 aromatic heterocycles. The Bertz CT molecular complexity index is 906. The Hall–Kier alpha value is -2.40. The Morgan fingerprint density at radius 2 is 1.47 bits per heavy atom. The van der Waals surface area contributed by atoms with Crippen molar-refractivity contribution in [3.8, 4) is 0 Å². The molecule has 1 aromatic carbocycles. The van der Waals surface area contributed by atoms with Crippen LogP contribution in [0.4, 0.5) is 11.4 Å². The van der Waals surface area contributed by atoms with Gasteiger partial charge in [0, 0.05) is 17.2 Å². The number of hydrogen-bond acceptors (Lipinski definition) is 5. The lowest BCUT2D eigenvalue weighted by Crippen LogP contribution is -2.26. The van der Waals surface area contributed by atoms with E-state index >= 15 is 0 Å². The Kier molecular flexibility index (Phi) is 5.83. The Balaban J connectivity index is 1.62. The van der Waals surface area contributed by atoms with Gasteiger partial charge in [-0.1, -0.05) is 30.7 Å². The molecule has 3 aliphatic rings. The van der Waals surface area contributed by atoms with Crippen LogP contribution in [0.3, 0.4) is 0 Å². The van der Waals surface area contributed by atoms with Gasteiger partial charge in [0.1, 0.15) is 0 Å². The van der Waals surface area contributed by atoms with Crippen LogP contribution >= 0.6 is 0 Å². The third-order valence-electron chi connectivity index (χ3n) is 7.54. The highest BCUT2D eigenvalue weighted by atomic mass is 14.7. The number of nitrogen functional groups attached to an aromatic ring is 2. The van der Waals surface area contributed by atoms with E-state index < -0.39 is 0 Å². The van der Waals surface area contributed by atoms with E-state index in [9.17, 15) is 0 Å². The zero-order valence-corrected chi connectivity index (χ0v) is 18.2. The summed E-state index contributed by atoms with van der Waals surface area (Å²) >= 11 is 0. The zero-order valence-electron chi connectivity index (χ0n) is 18.2. The second kappa shape index (κ2) is 8.38. The lowest BCUT2D eigenvalue weighted by atomic mass is 9.79. The molecule has 2 saturated carbocycles. The topological polar surface area (TPSA) is 130 Å². The summed E-state index contributed by atoms with van der Waals surface area (Å²) in [6.07, 6.45) is 11.9. The Labute approximate surface area is 180 Å². The number of hydrogen-bond donors (Lipinski definition) is 5. The molecular weight excluding hydrogens is 370 g/mol. The summed E-state index contributed by atoms with van der Waals surface area (Å²) in [6, 6.07) is 4.51. The van der Waals surface area contributed by atoms with Crippen molar-refractivity contribution in [2.75, 3.05) is 11.5 Å². The van der Waals surface area contributed by atoms with Gasteiger partial charge in [0.25, 0.3) is 0 Å². The second-order valence-corrected chi connectivity index (χ2v) is 9.56. The van der Waals surface area contributed by atoms with Crippen LogP contribution in [-0.4, -0.2) is 6.04 Å². The lowest BCUT2D eigenvalue weighted by molar-refractivity contribution is 0.396. The summed E-state index contributed by atoms with van der Waals surface area (Å²) in [7, 11) is 0. The van der Waals surface area contributed by atoms with E-state index in [1.165, 1.54) is 24.0 Å². The molecule has 0 unspecified atom stereocenters. The van der Waals surface area contributed by atoms with E-state index in [-0.39, 0.29) is 0 Å². The monoisotopic (exact) mass is 407 g/mol. The molecular formula is C25H37N5. The molecule has 5 heteroatoms. The fourth-order valence-electron chi connectivity index (χ4n) is 5.41. The van der Waals surface area contributed by atoms with E-state index in [4.69, 9.17) is 28.7 Å². The van der Waals surface area contributed by atoms with E-state index in [1.54, 1.807) is 0 Å². The molecule has 10 N–H and O–H groups in total. The van der Waals surface area contributed by atoms with E-state index in [0.29, 0.717) is 29.0 Å². The summed E-state index contributed by atoms with van der Waals surface area (Å²) in [5.74, 6) is 1.23. The van der Waals surface area contributed by atoms with E-state index in [2.05, 4.69) is 25.1 Å². The van der Waals surface area contributed by atoms with Crippen LogP contribution in [0.2, 0.25) is 0 Å². The molecule has 4 rings (SSSR count). The first-order chi connectivity index (χ1) is 14.4. The van der Waals surface area contributed by atoms with Gasteiger partial charge in [-0.25, -0.2) is 0 Å². The first kappa shape index (κ1) is 20.9. The molecule has 162 valence electrons. The molecule has 3 aliphatic carbocycles. The number of rotatable bonds is 2. The molecule has 2 fully saturated rings. The van der Waals surface area contributed by atoms with Gasteiger partial charge in [-0.3, -0.25) is 0 Å². The number of nitrogens with two attached hydrogens (primary N) is 5. The smallest absolute Gasteiger partial charge is 0.0631 e. The summed E-state index contributed by atoms with van der Waals surface area (Å²) < 4.78 is 0. The van der Waals surface area contributed by atoms with Crippen LogP contribution in [0, 0.1) is 5.92 Å². The van der Waals surface area contributed by atoms with E-state index in [1.807, 2.05) is 0 Å². The van der Waals surface area contributed by atoms with Gasteiger partial charge < -0.3 is 28.7 Å². The minimum Gasteiger partial charge on any atom is -0.397 e. The molecule has 0 atom stereocenters. The van der Waals surface area contributed by atoms with Gasteiger partial charge in [0.15, 0.2) is 0 Å². The van der Waals surface area contributed by atoms with Gasteiger partial charge in [-0.05, 0) is 80.8 Å². The van der Waals surface area contributed by atoms with Crippen LogP contribution in [-0.2, 0) is 0 Å². The first-order valence-electron chi connectivity index (χ1n) is 11.5. The quantitative estimate of drug-likeness (QED) is 0.468. The third kappa shape index (κ3) is 3.83. The zero-order chi connectivity index (χ0) is 21.4. The minimum absolute atomic E-state index is 0.315. The highest BCUT2D eigenvalue weighted by Crippen LogP contribution is 2.43. The maximum atomic E-state index is 6.54. The number of benzene rings is 1. The standard InChI is InChI=1S/C25H37N5/c1-14-2-4-15(5-3-14)18-10-12-20(24(29)22(18)27)21-13-11-19(23(28)25(21)30)16-6-8-17(26)9-7-16/h11-14,16-17H,2-10,26-30H2,1H3. The minimum atomic E-state index is 0.315. The molecule has 0 bridgehead atoms. The van der Waals surface area contributed by atoms with Crippen molar-refractivity contribution < 1.29 is 0 Å². The van der Waals surface area contributed by atoms with Gasteiger partial charge in [0.05, 0.1) is 22.8 Å². The average Bonchev–Trinajstić information content (AvgIpc) is 2.74. The van der Waals surface area contributed by atoms with Crippen molar-refractivity contribution in [2.45, 2.75) is 76.7 Å². The maximum absolute atomic E-state index is 6.54. The molecule has 0 radical (unpaired) electrons. The van der Waals surface area contributed by atoms with Crippen LogP contribution in [0.1, 0.15) is 81.8 Å². The fraction of sp³-hybridized carbons (Fsp3) is 0.520. The summed E-state index contributed by atoms with van der Waals surface area (Å²) in [5, 5.41) is 0. The van der Waals surface area contributed by atoms with E-state index in [0.717, 1.165) is 73.3 Å². The normalized spacial score (nSPS) is 27.9. The van der Waals surface area contributed by atoms with Gasteiger partial charge in [-0.15, -0.1) is 0 Å². The SMILES string of the molecule is CC1CCC(=C2CC=C(c3ccc(C4CCC(N)CC4)c(N)c3N)C(N)=C2N)CC1. The molecule has 0 amide bonds. The lowest BCUT2D eigenvalue weighted by Gasteiger charge is -2.29. The molecule has 5 nitrogen and oxygen atoms in total. The number of anilines is 2. The predicted molar refractivity (Wildman–Crippen MR) is 127 cm³/mol. The van der Waals surface area contributed by atoms with Gasteiger partial charge in [0.2, 0.25) is 0 Å². The van der Waals surface area contributed by atoms with Crippen molar-refractivity contribution in [2.24, 2.45) is 23.1 Å². The Morgan fingerprint density at radius 3 is 2.13 bits per heavy atom. The van der Waals surface area contributed by atoms with Crippen LogP contribution in [0.25, 0.3) is 5.57 Å². The van der Waals surface area contributed by atoms with Crippen molar-refractivity contribution in [3.63, 3.8) is 0 Å². The molecule has 0 spiro atoms. The molecule has 0 heterocycles. The molecule has 1 aromatic rings. The second-order valence-electron chi connectivity index (χ2n) is 9.56. The summed E-state index contributed by atoms with van der Waals surface area (Å²) in [6.45, 7) is 2.33. The summed E-state index contributed by atoms with van der Waals surface area (Å²) in [4.78, 5) is 0. The van der Waals surface area contributed by atoms with Gasteiger partial charge >= 0.3 is 0 Å². The third-order valence-corrected chi connectivity index (χ3v) is 7.54. The molecule has 30 heavy (non-hydrogen) atoms. The first-order valence-corrected chi connectivity index (χ1v) is 11.5. The fourth-order valence-corrected chi connectivity index (χ4v) is 5.41. The van der Waals surface area contributed by atoms with Crippen molar-refractivity contribution in [1.29, 1.82) is 0 Å². The molecule has 0 saturated heterocycles. The van der Waals surface area contributed by atoms with Gasteiger partial charge in [-0.2, -0.15) is 0 Å². The van der Waals surface area contributed by atoms with Crippen molar-refractivity contribution in [1.82, 2.24) is 0 Å². The largest absolute Gasteiger partial charge is 0.397 e. The number of allylic oxidation sites excluding steroid dienone is 4. The highest BCUT2D eigenvalue weighted by molar-refractivity contribution is 5.91. The van der Waals surface area contributed by atoms with Crippen molar-refractivity contribution >= 4 is 16.9 Å². The molecule has 0 aliphatic heterocycles. The van der Waals surface area contributed by atoms with Crippen LogP contribution < -0.4 is 28.7 Å². The maximum Gasteiger partial charge on any atom is 0.0631 e.